The zero-order valence-electron chi connectivity index (χ0n) is 13.0. The van der Waals surface area contributed by atoms with Crippen molar-refractivity contribution in [2.24, 2.45) is 0 Å². The number of benzene rings is 2. The van der Waals surface area contributed by atoms with Crippen LogP contribution in [0.4, 0.5) is 0 Å². The molecule has 2 nitrogen and oxygen atoms in total. The van der Waals surface area contributed by atoms with Gasteiger partial charge in [-0.15, -0.1) is 0 Å². The first kappa shape index (κ1) is 14.3. The van der Waals surface area contributed by atoms with E-state index in [9.17, 15) is 0 Å². The summed E-state index contributed by atoms with van der Waals surface area (Å²) in [5.41, 5.74) is 5.46. The molecule has 1 aliphatic carbocycles. The van der Waals surface area contributed by atoms with Gasteiger partial charge in [0.1, 0.15) is 0 Å². The van der Waals surface area contributed by atoms with Gasteiger partial charge in [-0.3, -0.25) is 0 Å². The van der Waals surface area contributed by atoms with E-state index in [4.69, 9.17) is 4.74 Å². The number of methoxy groups -OCH3 is 1. The standard InChI is InChI=1S/C19H23NO/c1-19(2,21-3)13-20-18-16-10-6-4-8-14(16)12-15-9-5-7-11-17(15)18/h4-11,18,20H,12-13H2,1-3H3. The van der Waals surface area contributed by atoms with Crippen molar-refractivity contribution in [1.82, 2.24) is 5.32 Å². The maximum atomic E-state index is 5.54. The first-order valence-electron chi connectivity index (χ1n) is 7.55. The molecule has 3 rings (SSSR count). The molecular formula is C19H23NO. The van der Waals surface area contributed by atoms with E-state index in [1.807, 2.05) is 0 Å². The fourth-order valence-corrected chi connectivity index (χ4v) is 2.97. The van der Waals surface area contributed by atoms with Crippen molar-refractivity contribution in [1.29, 1.82) is 0 Å². The number of ether oxygens (including phenoxy) is 1. The van der Waals surface area contributed by atoms with Crippen LogP contribution in [0.5, 0.6) is 0 Å². The molecule has 0 heterocycles. The van der Waals surface area contributed by atoms with Crippen LogP contribution in [0, 0.1) is 0 Å². The van der Waals surface area contributed by atoms with E-state index in [1.54, 1.807) is 7.11 Å². The number of hydrogen-bond donors (Lipinski definition) is 1. The Bertz CT molecular complexity index is 587. The van der Waals surface area contributed by atoms with Gasteiger partial charge in [-0.2, -0.15) is 0 Å². The van der Waals surface area contributed by atoms with Gasteiger partial charge >= 0.3 is 0 Å². The minimum Gasteiger partial charge on any atom is -0.377 e. The molecule has 0 radical (unpaired) electrons. The second-order valence-corrected chi connectivity index (χ2v) is 6.35. The molecule has 1 aliphatic rings. The highest BCUT2D eigenvalue weighted by Gasteiger charge is 2.26. The summed E-state index contributed by atoms with van der Waals surface area (Å²) in [7, 11) is 1.77. The Balaban J connectivity index is 1.95. The predicted octanol–water partition coefficient (Wildman–Crippen LogP) is 3.69. The van der Waals surface area contributed by atoms with Crippen LogP contribution >= 0.6 is 0 Å². The predicted molar refractivity (Wildman–Crippen MR) is 86.6 cm³/mol. The third-order valence-corrected chi connectivity index (χ3v) is 4.40. The molecule has 0 saturated heterocycles. The minimum atomic E-state index is -0.165. The van der Waals surface area contributed by atoms with Crippen molar-refractivity contribution in [2.75, 3.05) is 13.7 Å². The number of fused-ring (bicyclic) bond motifs is 2. The van der Waals surface area contributed by atoms with E-state index < -0.39 is 0 Å². The molecule has 0 fully saturated rings. The molecule has 0 atom stereocenters. The largest absolute Gasteiger partial charge is 0.377 e. The average molecular weight is 281 g/mol. The van der Waals surface area contributed by atoms with E-state index in [0.717, 1.165) is 13.0 Å². The van der Waals surface area contributed by atoms with E-state index in [-0.39, 0.29) is 11.6 Å². The summed E-state index contributed by atoms with van der Waals surface area (Å²) < 4.78 is 5.54. The molecule has 21 heavy (non-hydrogen) atoms. The van der Waals surface area contributed by atoms with Gasteiger partial charge in [0, 0.05) is 13.7 Å². The lowest BCUT2D eigenvalue weighted by atomic mass is 9.82. The average Bonchev–Trinajstić information content (AvgIpc) is 2.51. The third-order valence-electron chi connectivity index (χ3n) is 4.40. The molecule has 2 aromatic rings. The fraction of sp³-hybridized carbons (Fsp3) is 0.368. The third kappa shape index (κ3) is 2.87. The Labute approximate surface area is 127 Å². The zero-order valence-corrected chi connectivity index (χ0v) is 13.0. The van der Waals surface area contributed by atoms with Gasteiger partial charge in [0.2, 0.25) is 0 Å². The monoisotopic (exact) mass is 281 g/mol. The van der Waals surface area contributed by atoms with Crippen molar-refractivity contribution in [3.8, 4) is 0 Å². The van der Waals surface area contributed by atoms with Gasteiger partial charge < -0.3 is 10.1 Å². The van der Waals surface area contributed by atoms with Gasteiger partial charge in [0.25, 0.3) is 0 Å². The van der Waals surface area contributed by atoms with E-state index in [0.29, 0.717) is 0 Å². The van der Waals surface area contributed by atoms with Gasteiger partial charge in [-0.1, -0.05) is 48.5 Å². The Kier molecular flexibility index (Phi) is 3.83. The van der Waals surface area contributed by atoms with Crippen molar-refractivity contribution < 1.29 is 4.74 Å². The summed E-state index contributed by atoms with van der Waals surface area (Å²) in [6.45, 7) is 5.04. The fourth-order valence-electron chi connectivity index (χ4n) is 2.97. The van der Waals surface area contributed by atoms with Crippen molar-refractivity contribution in [2.45, 2.75) is 31.9 Å². The number of rotatable bonds is 4. The van der Waals surface area contributed by atoms with E-state index >= 15 is 0 Å². The molecule has 2 heteroatoms. The lowest BCUT2D eigenvalue weighted by Gasteiger charge is -2.32. The molecule has 0 unspecified atom stereocenters. The van der Waals surface area contributed by atoms with Gasteiger partial charge in [-0.25, -0.2) is 0 Å². The van der Waals surface area contributed by atoms with Crippen molar-refractivity contribution in [3.63, 3.8) is 0 Å². The topological polar surface area (TPSA) is 21.3 Å². The van der Waals surface area contributed by atoms with Gasteiger partial charge in [0.05, 0.1) is 11.6 Å². The molecule has 2 aromatic carbocycles. The van der Waals surface area contributed by atoms with Crippen LogP contribution in [0.15, 0.2) is 48.5 Å². The number of hydrogen-bond acceptors (Lipinski definition) is 2. The molecule has 0 aromatic heterocycles. The summed E-state index contributed by atoms with van der Waals surface area (Å²) in [5, 5.41) is 3.70. The molecule has 0 amide bonds. The molecule has 1 N–H and O–H groups in total. The van der Waals surface area contributed by atoms with E-state index in [1.165, 1.54) is 22.3 Å². The van der Waals surface area contributed by atoms with Crippen LogP contribution in [-0.2, 0) is 11.2 Å². The van der Waals surface area contributed by atoms with Crippen LogP contribution in [0.3, 0.4) is 0 Å². The molecule has 110 valence electrons. The lowest BCUT2D eigenvalue weighted by Crippen LogP contribution is -2.40. The molecule has 0 bridgehead atoms. The van der Waals surface area contributed by atoms with E-state index in [2.05, 4.69) is 67.7 Å². The smallest absolute Gasteiger partial charge is 0.0746 e. The quantitative estimate of drug-likeness (QED) is 0.922. The van der Waals surface area contributed by atoms with Gasteiger partial charge in [0.15, 0.2) is 0 Å². The minimum absolute atomic E-state index is 0.165. The Hall–Kier alpha value is -1.64. The Morgan fingerprint density at radius 3 is 2.05 bits per heavy atom. The number of nitrogens with one attached hydrogen (secondary N) is 1. The summed E-state index contributed by atoms with van der Waals surface area (Å²) >= 11 is 0. The highest BCUT2D eigenvalue weighted by atomic mass is 16.5. The zero-order chi connectivity index (χ0) is 14.9. The summed E-state index contributed by atoms with van der Waals surface area (Å²) in [4.78, 5) is 0. The maximum absolute atomic E-state index is 5.54. The first-order valence-corrected chi connectivity index (χ1v) is 7.55. The van der Waals surface area contributed by atoms with Crippen molar-refractivity contribution >= 4 is 0 Å². The maximum Gasteiger partial charge on any atom is 0.0746 e. The van der Waals surface area contributed by atoms with Crippen molar-refractivity contribution in [3.05, 3.63) is 70.8 Å². The lowest BCUT2D eigenvalue weighted by molar-refractivity contribution is 0.0218. The highest BCUT2D eigenvalue weighted by Crippen LogP contribution is 2.34. The van der Waals surface area contributed by atoms with Crippen LogP contribution in [0.25, 0.3) is 0 Å². The first-order chi connectivity index (χ1) is 10.1. The second-order valence-electron chi connectivity index (χ2n) is 6.35. The Morgan fingerprint density at radius 1 is 1.00 bits per heavy atom. The van der Waals surface area contributed by atoms with Gasteiger partial charge in [-0.05, 0) is 42.5 Å². The van der Waals surface area contributed by atoms with Crippen LogP contribution in [0.2, 0.25) is 0 Å². The van der Waals surface area contributed by atoms with Crippen LogP contribution in [-0.4, -0.2) is 19.3 Å². The van der Waals surface area contributed by atoms with Crippen LogP contribution in [0.1, 0.15) is 42.1 Å². The Morgan fingerprint density at radius 2 is 1.52 bits per heavy atom. The van der Waals surface area contributed by atoms with Crippen LogP contribution < -0.4 is 5.32 Å². The summed E-state index contributed by atoms with van der Waals surface area (Å²) in [5.74, 6) is 0. The normalized spacial score (nSPS) is 14.6. The molecule has 0 aliphatic heterocycles. The summed E-state index contributed by atoms with van der Waals surface area (Å²) in [6, 6.07) is 17.7. The second kappa shape index (κ2) is 5.63. The molecule has 0 spiro atoms. The highest BCUT2D eigenvalue weighted by molar-refractivity contribution is 5.48. The molecular weight excluding hydrogens is 258 g/mol. The SMILES string of the molecule is COC(C)(C)CNC1c2ccccc2Cc2ccccc21. The summed E-state index contributed by atoms with van der Waals surface area (Å²) in [6.07, 6.45) is 1.03. The molecule has 0 saturated carbocycles.